The van der Waals surface area contributed by atoms with Crippen LogP contribution in [-0.4, -0.2) is 37.8 Å². The maximum Gasteiger partial charge on any atom is 0.293 e. The summed E-state index contributed by atoms with van der Waals surface area (Å²) >= 11 is 0. The zero-order valence-electron chi connectivity index (χ0n) is 12.7. The van der Waals surface area contributed by atoms with Crippen molar-refractivity contribution >= 4 is 21.4 Å². The van der Waals surface area contributed by atoms with E-state index in [-0.39, 0.29) is 10.6 Å². The van der Waals surface area contributed by atoms with Gasteiger partial charge in [0.1, 0.15) is 5.69 Å². The van der Waals surface area contributed by atoms with Gasteiger partial charge in [-0.2, -0.15) is 0 Å². The summed E-state index contributed by atoms with van der Waals surface area (Å²) in [7, 11) is -2.26. The molecule has 0 heterocycles. The Morgan fingerprint density at radius 1 is 1.33 bits per heavy atom. The molecule has 8 heteroatoms. The molecule has 0 saturated carbocycles. The van der Waals surface area contributed by atoms with E-state index in [1.54, 1.807) is 13.8 Å². The van der Waals surface area contributed by atoms with Crippen LogP contribution < -0.4 is 5.32 Å². The topological polar surface area (TPSA) is 92.6 Å². The fraction of sp³-hybridized carbons (Fsp3) is 0.538. The molecule has 1 aromatic rings. The first kappa shape index (κ1) is 17.4. The normalized spacial score (nSPS) is 11.7. The van der Waals surface area contributed by atoms with E-state index in [2.05, 4.69) is 5.32 Å². The van der Waals surface area contributed by atoms with Gasteiger partial charge >= 0.3 is 0 Å². The Balaban J connectivity index is 3.44. The molecule has 7 nitrogen and oxygen atoms in total. The summed E-state index contributed by atoms with van der Waals surface area (Å²) < 4.78 is 25.9. The van der Waals surface area contributed by atoms with Crippen molar-refractivity contribution in [2.45, 2.75) is 32.1 Å². The molecule has 0 aliphatic carbocycles. The lowest BCUT2D eigenvalue weighted by Crippen LogP contribution is -2.27. The third-order valence-corrected chi connectivity index (χ3v) is 5.26. The molecular formula is C13H21N3O4S. The number of nitro groups is 1. The second-order valence-electron chi connectivity index (χ2n) is 4.74. The van der Waals surface area contributed by atoms with Crippen LogP contribution in [0.3, 0.4) is 0 Å². The van der Waals surface area contributed by atoms with E-state index in [4.69, 9.17) is 0 Å². The molecule has 0 spiro atoms. The number of anilines is 1. The number of nitrogens with zero attached hydrogens (tertiary/aromatic N) is 2. The van der Waals surface area contributed by atoms with Crippen LogP contribution in [0.5, 0.6) is 0 Å². The van der Waals surface area contributed by atoms with Gasteiger partial charge < -0.3 is 5.32 Å². The largest absolute Gasteiger partial charge is 0.379 e. The molecule has 0 amide bonds. The third-order valence-electron chi connectivity index (χ3n) is 3.19. The maximum absolute atomic E-state index is 12.4. The van der Waals surface area contributed by atoms with Gasteiger partial charge in [-0.3, -0.25) is 10.1 Å². The number of hydrogen-bond acceptors (Lipinski definition) is 5. The Morgan fingerprint density at radius 3 is 2.43 bits per heavy atom. The summed E-state index contributed by atoms with van der Waals surface area (Å²) in [6.45, 7) is 6.17. The standard InChI is InChI=1S/C13H21N3O4S/c1-5-7-14-11-8-10(3)13(9-12(11)16(17)18)21(19,20)15(4)6-2/h8-9,14H,5-7H2,1-4H3. The van der Waals surface area contributed by atoms with E-state index in [1.807, 2.05) is 6.92 Å². The van der Waals surface area contributed by atoms with E-state index in [1.165, 1.54) is 13.1 Å². The van der Waals surface area contributed by atoms with Gasteiger partial charge in [0.2, 0.25) is 10.0 Å². The minimum absolute atomic E-state index is 0.0272. The quantitative estimate of drug-likeness (QED) is 0.616. The van der Waals surface area contributed by atoms with Crippen molar-refractivity contribution in [3.63, 3.8) is 0 Å². The highest BCUT2D eigenvalue weighted by atomic mass is 32.2. The SMILES string of the molecule is CCCNc1cc(C)c(S(=O)(=O)N(C)CC)cc1[N+](=O)[O-]. The molecule has 1 aromatic carbocycles. The minimum atomic E-state index is -3.71. The lowest BCUT2D eigenvalue weighted by atomic mass is 10.2. The van der Waals surface area contributed by atoms with E-state index >= 15 is 0 Å². The van der Waals surface area contributed by atoms with Crippen molar-refractivity contribution in [2.24, 2.45) is 0 Å². The van der Waals surface area contributed by atoms with E-state index in [9.17, 15) is 18.5 Å². The smallest absolute Gasteiger partial charge is 0.293 e. The number of aryl methyl sites for hydroxylation is 1. The second-order valence-corrected chi connectivity index (χ2v) is 6.75. The maximum atomic E-state index is 12.4. The van der Waals surface area contributed by atoms with Crippen LogP contribution in [0, 0.1) is 17.0 Å². The Kier molecular flexibility index (Phi) is 5.68. The van der Waals surface area contributed by atoms with Gasteiger partial charge in [-0.05, 0) is 25.0 Å². The Morgan fingerprint density at radius 2 is 1.95 bits per heavy atom. The van der Waals surface area contributed by atoms with Crippen LogP contribution in [0.4, 0.5) is 11.4 Å². The van der Waals surface area contributed by atoms with Crippen LogP contribution in [0.1, 0.15) is 25.8 Å². The van der Waals surface area contributed by atoms with Crippen LogP contribution >= 0.6 is 0 Å². The zero-order valence-corrected chi connectivity index (χ0v) is 13.5. The van der Waals surface area contributed by atoms with Crippen LogP contribution in [0.25, 0.3) is 0 Å². The Bertz CT molecular complexity index is 629. The molecule has 0 bridgehead atoms. The summed E-state index contributed by atoms with van der Waals surface area (Å²) in [6, 6.07) is 2.65. The number of nitro benzene ring substituents is 1. The molecule has 0 aromatic heterocycles. The van der Waals surface area contributed by atoms with Crippen molar-refractivity contribution in [3.05, 3.63) is 27.8 Å². The average Bonchev–Trinajstić information content (AvgIpc) is 2.43. The lowest BCUT2D eigenvalue weighted by molar-refractivity contribution is -0.384. The molecule has 0 saturated heterocycles. The molecule has 0 fully saturated rings. The monoisotopic (exact) mass is 315 g/mol. The van der Waals surface area contributed by atoms with Gasteiger partial charge in [-0.25, -0.2) is 12.7 Å². The van der Waals surface area contributed by atoms with Gasteiger partial charge in [-0.15, -0.1) is 0 Å². The third kappa shape index (κ3) is 3.70. The van der Waals surface area contributed by atoms with Crippen molar-refractivity contribution in [2.75, 3.05) is 25.5 Å². The molecule has 0 unspecified atom stereocenters. The van der Waals surface area contributed by atoms with Crippen molar-refractivity contribution < 1.29 is 13.3 Å². The minimum Gasteiger partial charge on any atom is -0.379 e. The molecule has 118 valence electrons. The highest BCUT2D eigenvalue weighted by molar-refractivity contribution is 7.89. The summed E-state index contributed by atoms with van der Waals surface area (Å²) in [5.74, 6) is 0. The van der Waals surface area contributed by atoms with Gasteiger partial charge in [0.15, 0.2) is 0 Å². The average molecular weight is 315 g/mol. The first-order valence-corrected chi connectivity index (χ1v) is 8.18. The van der Waals surface area contributed by atoms with Crippen LogP contribution in [0.15, 0.2) is 17.0 Å². The van der Waals surface area contributed by atoms with Crippen molar-refractivity contribution in [1.29, 1.82) is 0 Å². The molecular weight excluding hydrogens is 294 g/mol. The van der Waals surface area contributed by atoms with E-state index in [0.717, 1.165) is 16.8 Å². The number of hydrogen-bond donors (Lipinski definition) is 1. The van der Waals surface area contributed by atoms with E-state index in [0.29, 0.717) is 24.3 Å². The Labute approximate surface area is 125 Å². The van der Waals surface area contributed by atoms with Gasteiger partial charge in [0.05, 0.1) is 9.82 Å². The summed E-state index contributed by atoms with van der Waals surface area (Å²) in [4.78, 5) is 10.6. The highest BCUT2D eigenvalue weighted by Gasteiger charge is 2.26. The highest BCUT2D eigenvalue weighted by Crippen LogP contribution is 2.31. The first-order chi connectivity index (χ1) is 9.75. The van der Waals surface area contributed by atoms with E-state index < -0.39 is 14.9 Å². The van der Waals surface area contributed by atoms with Gasteiger partial charge in [0.25, 0.3) is 5.69 Å². The predicted octanol–water partition coefficient (Wildman–Crippen LogP) is 2.37. The molecule has 1 rings (SSSR count). The molecule has 0 aliphatic rings. The van der Waals surface area contributed by atoms with Crippen molar-refractivity contribution in [3.8, 4) is 0 Å². The number of nitrogens with one attached hydrogen (secondary N) is 1. The number of sulfonamides is 1. The summed E-state index contributed by atoms with van der Waals surface area (Å²) in [5.41, 5.74) is 0.606. The van der Waals surface area contributed by atoms with Crippen LogP contribution in [-0.2, 0) is 10.0 Å². The molecule has 21 heavy (non-hydrogen) atoms. The predicted molar refractivity (Wildman–Crippen MR) is 82.1 cm³/mol. The fourth-order valence-electron chi connectivity index (χ4n) is 1.85. The molecule has 0 radical (unpaired) electrons. The molecule has 1 N–H and O–H groups in total. The number of rotatable bonds is 7. The fourth-order valence-corrected chi connectivity index (χ4v) is 3.25. The second kappa shape index (κ2) is 6.86. The number of benzene rings is 1. The van der Waals surface area contributed by atoms with Crippen molar-refractivity contribution in [1.82, 2.24) is 4.31 Å². The molecule has 0 atom stereocenters. The Hall–Kier alpha value is -1.67. The summed E-state index contributed by atoms with van der Waals surface area (Å²) in [5, 5.41) is 14.1. The lowest BCUT2D eigenvalue weighted by Gasteiger charge is -2.17. The van der Waals surface area contributed by atoms with Gasteiger partial charge in [0, 0.05) is 26.2 Å². The zero-order chi connectivity index (χ0) is 16.2. The van der Waals surface area contributed by atoms with Crippen LogP contribution in [0.2, 0.25) is 0 Å². The molecule has 0 aliphatic heterocycles. The van der Waals surface area contributed by atoms with Gasteiger partial charge in [-0.1, -0.05) is 13.8 Å². The summed E-state index contributed by atoms with van der Waals surface area (Å²) in [6.07, 6.45) is 0.814. The first-order valence-electron chi connectivity index (χ1n) is 6.74.